The van der Waals surface area contributed by atoms with E-state index < -0.39 is 0 Å². The second-order valence-corrected chi connectivity index (χ2v) is 7.53. The van der Waals surface area contributed by atoms with Crippen LogP contribution in [-0.2, 0) is 4.79 Å². The van der Waals surface area contributed by atoms with Crippen LogP contribution in [0.1, 0.15) is 6.42 Å². The molecule has 8 heteroatoms. The van der Waals surface area contributed by atoms with E-state index in [0.717, 1.165) is 40.1 Å². The standard InChI is InChI=1S/C20H21BrN6O/c21-15-2-3-17-16(14-15)18(4-8-22-17)23-9-5-19(28)26-10-12-27(13-11-26)20-24-6-1-7-25-20/h1-4,6-8,14H,5,9-13H2,(H,22,23). The van der Waals surface area contributed by atoms with Crippen molar-refractivity contribution in [2.45, 2.75) is 6.42 Å². The third-order valence-electron chi connectivity index (χ3n) is 4.83. The van der Waals surface area contributed by atoms with Gasteiger partial charge in [-0.15, -0.1) is 0 Å². The van der Waals surface area contributed by atoms with Crippen molar-refractivity contribution in [2.75, 3.05) is 42.9 Å². The van der Waals surface area contributed by atoms with Gasteiger partial charge in [0.05, 0.1) is 5.52 Å². The van der Waals surface area contributed by atoms with Gasteiger partial charge in [0.15, 0.2) is 0 Å². The van der Waals surface area contributed by atoms with Crippen LogP contribution in [-0.4, -0.2) is 58.5 Å². The maximum Gasteiger partial charge on any atom is 0.225 e. The van der Waals surface area contributed by atoms with Crippen LogP contribution in [0.5, 0.6) is 0 Å². The number of rotatable bonds is 5. The predicted molar refractivity (Wildman–Crippen MR) is 113 cm³/mol. The third-order valence-corrected chi connectivity index (χ3v) is 5.32. The summed E-state index contributed by atoms with van der Waals surface area (Å²) in [7, 11) is 0. The number of carbonyl (C=O) groups is 1. The summed E-state index contributed by atoms with van der Waals surface area (Å²) in [5, 5.41) is 4.42. The SMILES string of the molecule is O=C(CCNc1ccnc2ccc(Br)cc12)N1CCN(c2ncccn2)CC1. The molecule has 7 nitrogen and oxygen atoms in total. The van der Waals surface area contributed by atoms with Gasteiger partial charge in [-0.05, 0) is 30.3 Å². The van der Waals surface area contributed by atoms with E-state index in [-0.39, 0.29) is 5.91 Å². The van der Waals surface area contributed by atoms with Crippen molar-refractivity contribution in [3.05, 3.63) is 53.4 Å². The molecule has 1 N–H and O–H groups in total. The molecule has 0 bridgehead atoms. The van der Waals surface area contributed by atoms with Gasteiger partial charge in [0, 0.05) is 73.3 Å². The van der Waals surface area contributed by atoms with E-state index in [1.165, 1.54) is 0 Å². The second kappa shape index (κ2) is 8.52. The third kappa shape index (κ3) is 4.22. The molecule has 1 aromatic carbocycles. The van der Waals surface area contributed by atoms with Crippen molar-refractivity contribution in [1.82, 2.24) is 19.9 Å². The monoisotopic (exact) mass is 440 g/mol. The minimum Gasteiger partial charge on any atom is -0.384 e. The molecule has 1 aliphatic rings. The van der Waals surface area contributed by atoms with Gasteiger partial charge in [-0.25, -0.2) is 9.97 Å². The van der Waals surface area contributed by atoms with Gasteiger partial charge in [-0.2, -0.15) is 0 Å². The fraction of sp³-hybridized carbons (Fsp3) is 0.300. The van der Waals surface area contributed by atoms with Gasteiger partial charge in [0.25, 0.3) is 0 Å². The lowest BCUT2D eigenvalue weighted by Crippen LogP contribution is -2.49. The van der Waals surface area contributed by atoms with E-state index in [4.69, 9.17) is 0 Å². The molecule has 1 saturated heterocycles. The molecule has 0 aliphatic carbocycles. The summed E-state index contributed by atoms with van der Waals surface area (Å²) in [6.45, 7) is 3.50. The van der Waals surface area contributed by atoms with Crippen molar-refractivity contribution < 1.29 is 4.79 Å². The lowest BCUT2D eigenvalue weighted by Gasteiger charge is -2.34. The molecule has 144 valence electrons. The van der Waals surface area contributed by atoms with Crippen LogP contribution in [0, 0.1) is 0 Å². The van der Waals surface area contributed by atoms with E-state index >= 15 is 0 Å². The Kier molecular flexibility index (Phi) is 5.66. The first-order chi connectivity index (χ1) is 13.7. The molecule has 0 unspecified atom stereocenters. The molecule has 4 rings (SSSR count). The molecule has 0 spiro atoms. The molecule has 0 atom stereocenters. The average molecular weight is 441 g/mol. The predicted octanol–water partition coefficient (Wildman–Crippen LogP) is 2.94. The molecule has 1 aliphatic heterocycles. The molecule has 0 radical (unpaired) electrons. The fourth-order valence-corrected chi connectivity index (χ4v) is 3.71. The zero-order chi connectivity index (χ0) is 19.3. The fourth-order valence-electron chi connectivity index (χ4n) is 3.35. The number of fused-ring (bicyclic) bond motifs is 1. The van der Waals surface area contributed by atoms with E-state index in [1.807, 2.05) is 29.2 Å². The van der Waals surface area contributed by atoms with Crippen molar-refractivity contribution in [2.24, 2.45) is 0 Å². The lowest BCUT2D eigenvalue weighted by molar-refractivity contribution is -0.131. The highest BCUT2D eigenvalue weighted by atomic mass is 79.9. The summed E-state index contributed by atoms with van der Waals surface area (Å²) in [6.07, 6.45) is 5.73. The number of nitrogens with one attached hydrogen (secondary N) is 1. The number of nitrogens with zero attached hydrogens (tertiary/aromatic N) is 5. The Labute approximate surface area is 171 Å². The Hall–Kier alpha value is -2.74. The number of hydrogen-bond donors (Lipinski definition) is 1. The summed E-state index contributed by atoms with van der Waals surface area (Å²) in [6, 6.07) is 9.74. The number of anilines is 2. The highest BCUT2D eigenvalue weighted by Crippen LogP contribution is 2.25. The lowest BCUT2D eigenvalue weighted by atomic mass is 10.2. The van der Waals surface area contributed by atoms with E-state index in [9.17, 15) is 4.79 Å². The minimum absolute atomic E-state index is 0.167. The maximum atomic E-state index is 12.6. The van der Waals surface area contributed by atoms with Crippen molar-refractivity contribution >= 4 is 44.4 Å². The summed E-state index contributed by atoms with van der Waals surface area (Å²) < 4.78 is 1.01. The minimum atomic E-state index is 0.167. The summed E-state index contributed by atoms with van der Waals surface area (Å²) in [5.41, 5.74) is 1.92. The summed E-state index contributed by atoms with van der Waals surface area (Å²) in [5.74, 6) is 0.896. The number of benzene rings is 1. The van der Waals surface area contributed by atoms with Crippen LogP contribution in [0.15, 0.2) is 53.4 Å². The zero-order valence-electron chi connectivity index (χ0n) is 15.4. The number of amides is 1. The normalized spacial score (nSPS) is 14.3. The molecule has 3 aromatic rings. The molecule has 28 heavy (non-hydrogen) atoms. The Morgan fingerprint density at radius 1 is 1.04 bits per heavy atom. The smallest absolute Gasteiger partial charge is 0.225 e. The molecule has 1 fully saturated rings. The Morgan fingerprint density at radius 2 is 1.82 bits per heavy atom. The zero-order valence-corrected chi connectivity index (χ0v) is 17.0. The largest absolute Gasteiger partial charge is 0.384 e. The van der Waals surface area contributed by atoms with Crippen molar-refractivity contribution in [1.29, 1.82) is 0 Å². The van der Waals surface area contributed by atoms with Gasteiger partial charge in [0.2, 0.25) is 11.9 Å². The molecule has 3 heterocycles. The van der Waals surface area contributed by atoms with E-state index in [2.05, 4.69) is 41.1 Å². The highest BCUT2D eigenvalue weighted by Gasteiger charge is 2.22. The van der Waals surface area contributed by atoms with Gasteiger partial charge >= 0.3 is 0 Å². The maximum absolute atomic E-state index is 12.6. The Bertz CT molecular complexity index is 959. The number of hydrogen-bond acceptors (Lipinski definition) is 6. The molecular formula is C20H21BrN6O. The van der Waals surface area contributed by atoms with E-state index in [0.29, 0.717) is 26.1 Å². The highest BCUT2D eigenvalue weighted by molar-refractivity contribution is 9.10. The summed E-state index contributed by atoms with van der Waals surface area (Å²) >= 11 is 3.50. The van der Waals surface area contributed by atoms with Crippen LogP contribution in [0.2, 0.25) is 0 Å². The number of pyridine rings is 1. The van der Waals surface area contributed by atoms with Gasteiger partial charge in [0.1, 0.15) is 0 Å². The first-order valence-electron chi connectivity index (χ1n) is 9.28. The van der Waals surface area contributed by atoms with Crippen LogP contribution in [0.25, 0.3) is 10.9 Å². The van der Waals surface area contributed by atoms with Gasteiger partial charge < -0.3 is 15.1 Å². The quantitative estimate of drug-likeness (QED) is 0.657. The topological polar surface area (TPSA) is 74.2 Å². The Balaban J connectivity index is 1.29. The van der Waals surface area contributed by atoms with Crippen LogP contribution >= 0.6 is 15.9 Å². The molecule has 2 aromatic heterocycles. The van der Waals surface area contributed by atoms with Crippen molar-refractivity contribution in [3.8, 4) is 0 Å². The van der Waals surface area contributed by atoms with Gasteiger partial charge in [-0.1, -0.05) is 15.9 Å². The first kappa shape index (κ1) is 18.6. The van der Waals surface area contributed by atoms with Crippen LogP contribution in [0.4, 0.5) is 11.6 Å². The molecule has 0 saturated carbocycles. The number of aromatic nitrogens is 3. The number of carbonyl (C=O) groups excluding carboxylic acids is 1. The van der Waals surface area contributed by atoms with Gasteiger partial charge in [-0.3, -0.25) is 9.78 Å². The van der Waals surface area contributed by atoms with Crippen LogP contribution in [0.3, 0.4) is 0 Å². The van der Waals surface area contributed by atoms with E-state index in [1.54, 1.807) is 24.7 Å². The van der Waals surface area contributed by atoms with Crippen molar-refractivity contribution in [3.63, 3.8) is 0 Å². The number of piperazine rings is 1. The molecular weight excluding hydrogens is 420 g/mol. The Morgan fingerprint density at radius 3 is 2.61 bits per heavy atom. The molecule has 1 amide bonds. The van der Waals surface area contributed by atoms with Crippen LogP contribution < -0.4 is 10.2 Å². The second-order valence-electron chi connectivity index (χ2n) is 6.61. The average Bonchev–Trinajstić information content (AvgIpc) is 2.74. The summed E-state index contributed by atoms with van der Waals surface area (Å²) in [4.78, 5) is 29.5. The number of halogens is 1. The first-order valence-corrected chi connectivity index (χ1v) is 10.1.